The number of amides is 2. The van der Waals surface area contributed by atoms with Gasteiger partial charge in [-0.25, -0.2) is 4.79 Å². The van der Waals surface area contributed by atoms with Crippen LogP contribution in [0.4, 0.5) is 4.79 Å². The number of nitrogens with zero attached hydrogens (tertiary/aromatic N) is 1. The first-order valence-electron chi connectivity index (χ1n) is 8.68. The summed E-state index contributed by atoms with van der Waals surface area (Å²) < 4.78 is 13.0. The summed E-state index contributed by atoms with van der Waals surface area (Å²) in [6.45, 7) is 13.4. The summed E-state index contributed by atoms with van der Waals surface area (Å²) in [4.78, 5) is 14.3. The van der Waals surface area contributed by atoms with Crippen molar-refractivity contribution in [1.82, 2.24) is 10.2 Å². The maximum Gasteiger partial charge on any atom is 0.318 e. The number of ether oxygens (including phenoxy) is 1. The smallest absolute Gasteiger partial charge is 0.318 e. The molecule has 138 valence electrons. The molecule has 0 saturated carbocycles. The Bertz CT molecular complexity index is 689. The first-order valence-corrected chi connectivity index (χ1v) is 12.4. The summed E-state index contributed by atoms with van der Waals surface area (Å²) in [5.74, 6) is 0.842. The van der Waals surface area contributed by atoms with Gasteiger partial charge in [0, 0.05) is 16.6 Å². The van der Waals surface area contributed by atoms with E-state index in [9.17, 15) is 4.79 Å². The normalized spacial score (nSPS) is 23.0. The fourth-order valence-corrected chi connectivity index (χ4v) is 4.43. The maximum atomic E-state index is 12.5. The molecule has 1 atom stereocenters. The predicted octanol–water partition coefficient (Wildman–Crippen LogP) is 4.08. The Kier molecular flexibility index (Phi) is 4.71. The molecule has 2 amide bonds. The molecule has 1 aromatic rings. The minimum Gasteiger partial charge on any atom is -0.490 e. The van der Waals surface area contributed by atoms with Crippen LogP contribution in [-0.4, -0.2) is 45.6 Å². The van der Waals surface area contributed by atoms with Crippen molar-refractivity contribution in [2.45, 2.75) is 44.4 Å². The van der Waals surface area contributed by atoms with E-state index in [-0.39, 0.29) is 11.1 Å². The van der Waals surface area contributed by atoms with Crippen molar-refractivity contribution in [2.75, 3.05) is 26.3 Å². The number of urea groups is 1. The zero-order chi connectivity index (χ0) is 18.5. The highest BCUT2D eigenvalue weighted by Gasteiger charge is 2.49. The van der Waals surface area contributed by atoms with E-state index < -0.39 is 13.9 Å². The SMILES string of the molecule is CC(C)(C)[Si](C)(C)OCCN1CC2(COc3cc(Br)ccc32)NC1=O. The maximum absolute atomic E-state index is 12.5. The molecule has 2 aliphatic heterocycles. The van der Waals surface area contributed by atoms with Crippen molar-refractivity contribution in [2.24, 2.45) is 0 Å². The van der Waals surface area contributed by atoms with Crippen molar-refractivity contribution in [3.63, 3.8) is 0 Å². The molecule has 1 N–H and O–H groups in total. The van der Waals surface area contributed by atoms with Crippen molar-refractivity contribution < 1.29 is 14.0 Å². The van der Waals surface area contributed by atoms with Crippen LogP contribution in [0.3, 0.4) is 0 Å². The number of halogens is 1. The summed E-state index contributed by atoms with van der Waals surface area (Å²) in [6.07, 6.45) is 0. The monoisotopic (exact) mass is 426 g/mol. The highest BCUT2D eigenvalue weighted by molar-refractivity contribution is 9.10. The van der Waals surface area contributed by atoms with E-state index in [0.717, 1.165) is 15.8 Å². The van der Waals surface area contributed by atoms with Gasteiger partial charge in [0.15, 0.2) is 8.32 Å². The Hall–Kier alpha value is -1.05. The zero-order valence-electron chi connectivity index (χ0n) is 15.6. The molecule has 2 heterocycles. The van der Waals surface area contributed by atoms with Gasteiger partial charge in [-0.3, -0.25) is 0 Å². The molecule has 0 aliphatic carbocycles. The van der Waals surface area contributed by atoms with Crippen molar-refractivity contribution >= 4 is 30.3 Å². The lowest BCUT2D eigenvalue weighted by molar-refractivity contribution is 0.194. The van der Waals surface area contributed by atoms with E-state index in [1.165, 1.54) is 0 Å². The lowest BCUT2D eigenvalue weighted by Crippen LogP contribution is -2.43. The van der Waals surface area contributed by atoms with Gasteiger partial charge >= 0.3 is 6.03 Å². The van der Waals surface area contributed by atoms with E-state index >= 15 is 0 Å². The molecule has 0 aromatic heterocycles. The number of benzene rings is 1. The largest absolute Gasteiger partial charge is 0.490 e. The average molecular weight is 427 g/mol. The van der Waals surface area contributed by atoms with Crippen LogP contribution in [0.15, 0.2) is 22.7 Å². The first-order chi connectivity index (χ1) is 11.5. The molecule has 1 saturated heterocycles. The second-order valence-electron chi connectivity index (χ2n) is 8.47. The van der Waals surface area contributed by atoms with E-state index in [1.54, 1.807) is 0 Å². The minimum atomic E-state index is -1.79. The van der Waals surface area contributed by atoms with Gasteiger partial charge in [-0.1, -0.05) is 42.8 Å². The fourth-order valence-electron chi connectivity index (χ4n) is 3.05. The standard InChI is InChI=1S/C18H27BrN2O3Si/c1-17(2,3)25(4,5)24-9-8-21-11-18(20-16(21)22)12-23-15-10-13(19)6-7-14(15)18/h6-7,10H,8-9,11-12H2,1-5H3,(H,20,22). The quantitative estimate of drug-likeness (QED) is 0.737. The summed E-state index contributed by atoms with van der Waals surface area (Å²) in [6, 6.07) is 5.94. The van der Waals surface area contributed by atoms with Gasteiger partial charge in [0.1, 0.15) is 17.9 Å². The van der Waals surface area contributed by atoms with Crippen LogP contribution in [0.5, 0.6) is 5.75 Å². The lowest BCUT2D eigenvalue weighted by Gasteiger charge is -2.36. The van der Waals surface area contributed by atoms with Crippen molar-refractivity contribution in [3.8, 4) is 5.75 Å². The third kappa shape index (κ3) is 3.46. The first kappa shape index (κ1) is 18.7. The third-order valence-electron chi connectivity index (χ3n) is 5.66. The van der Waals surface area contributed by atoms with Gasteiger partial charge in [0.05, 0.1) is 13.2 Å². The molecular weight excluding hydrogens is 400 g/mol. The van der Waals surface area contributed by atoms with E-state index in [0.29, 0.717) is 26.3 Å². The molecular formula is C18H27BrN2O3Si. The van der Waals surface area contributed by atoms with Crippen LogP contribution >= 0.6 is 15.9 Å². The van der Waals surface area contributed by atoms with Crippen LogP contribution in [0.25, 0.3) is 0 Å². The van der Waals surface area contributed by atoms with Crippen LogP contribution in [-0.2, 0) is 9.96 Å². The predicted molar refractivity (Wildman–Crippen MR) is 105 cm³/mol. The summed E-state index contributed by atoms with van der Waals surface area (Å²) in [5.41, 5.74) is 0.612. The molecule has 25 heavy (non-hydrogen) atoms. The molecule has 2 aliphatic rings. The van der Waals surface area contributed by atoms with Crippen molar-refractivity contribution in [1.29, 1.82) is 0 Å². The highest BCUT2D eigenvalue weighted by atomic mass is 79.9. The van der Waals surface area contributed by atoms with Crippen LogP contribution in [0, 0.1) is 0 Å². The van der Waals surface area contributed by atoms with E-state index in [4.69, 9.17) is 9.16 Å². The number of fused-ring (bicyclic) bond motifs is 2. The molecule has 0 radical (unpaired) electrons. The van der Waals surface area contributed by atoms with E-state index in [1.807, 2.05) is 23.1 Å². The van der Waals surface area contributed by atoms with Crippen LogP contribution in [0.2, 0.25) is 18.1 Å². The molecule has 1 fully saturated rings. The summed E-state index contributed by atoms with van der Waals surface area (Å²) in [5, 5.41) is 3.31. The lowest BCUT2D eigenvalue weighted by atomic mass is 9.93. The Morgan fingerprint density at radius 3 is 2.80 bits per heavy atom. The number of nitrogens with one attached hydrogen (secondary N) is 1. The van der Waals surface area contributed by atoms with Gasteiger partial charge in [-0.05, 0) is 30.3 Å². The molecule has 0 bridgehead atoms. The highest BCUT2D eigenvalue weighted by Crippen LogP contribution is 2.41. The number of hydrogen-bond donors (Lipinski definition) is 1. The molecule has 5 nitrogen and oxygen atoms in total. The Morgan fingerprint density at radius 2 is 2.12 bits per heavy atom. The van der Waals surface area contributed by atoms with Gasteiger partial charge in [-0.2, -0.15) is 0 Å². The van der Waals surface area contributed by atoms with Crippen LogP contribution < -0.4 is 10.1 Å². The molecule has 7 heteroatoms. The number of hydrogen-bond acceptors (Lipinski definition) is 3. The van der Waals surface area contributed by atoms with E-state index in [2.05, 4.69) is 55.1 Å². The van der Waals surface area contributed by atoms with Gasteiger partial charge < -0.3 is 19.4 Å². The Morgan fingerprint density at radius 1 is 1.40 bits per heavy atom. The summed E-state index contributed by atoms with van der Waals surface area (Å²) >= 11 is 3.46. The average Bonchev–Trinajstić information content (AvgIpc) is 2.99. The van der Waals surface area contributed by atoms with Gasteiger partial charge in [0.25, 0.3) is 0 Å². The second kappa shape index (κ2) is 6.28. The second-order valence-corrected chi connectivity index (χ2v) is 14.2. The minimum absolute atomic E-state index is 0.0433. The van der Waals surface area contributed by atoms with Crippen molar-refractivity contribution in [3.05, 3.63) is 28.2 Å². The summed E-state index contributed by atoms with van der Waals surface area (Å²) in [7, 11) is -1.79. The Balaban J connectivity index is 1.65. The molecule has 3 rings (SSSR count). The molecule has 1 spiro atoms. The molecule has 1 aromatic carbocycles. The fraction of sp³-hybridized carbons (Fsp3) is 0.611. The molecule has 1 unspecified atom stereocenters. The van der Waals surface area contributed by atoms with Gasteiger partial charge in [0.2, 0.25) is 0 Å². The third-order valence-corrected chi connectivity index (χ3v) is 10.7. The van der Waals surface area contributed by atoms with Gasteiger partial charge in [-0.15, -0.1) is 0 Å². The zero-order valence-corrected chi connectivity index (χ0v) is 18.2. The Labute approximate surface area is 159 Å². The number of carbonyl (C=O) groups is 1. The topological polar surface area (TPSA) is 50.8 Å². The van der Waals surface area contributed by atoms with Crippen LogP contribution in [0.1, 0.15) is 26.3 Å². The number of rotatable bonds is 4. The number of carbonyl (C=O) groups excluding carboxylic acids is 1.